The Hall–Kier alpha value is -0.940. The highest BCUT2D eigenvalue weighted by molar-refractivity contribution is 6.30. The highest BCUT2D eigenvalue weighted by Crippen LogP contribution is 2.33. The summed E-state index contributed by atoms with van der Waals surface area (Å²) < 4.78 is 37.7. The Morgan fingerprint density at radius 3 is 2.37 bits per heavy atom. The Kier molecular flexibility index (Phi) is 6.45. The zero-order valence-electron chi connectivity index (χ0n) is 10.4. The highest BCUT2D eigenvalue weighted by atomic mass is 35.5. The normalized spacial score (nSPS) is 11.6. The molecule has 0 aromatic heterocycles. The molecule has 0 aliphatic rings. The number of benzene rings is 1. The fourth-order valence-corrected chi connectivity index (χ4v) is 1.91. The molecule has 1 aromatic rings. The number of hydrogen-bond acceptors (Lipinski definition) is 2. The summed E-state index contributed by atoms with van der Waals surface area (Å²) in [6, 6.07) is 3.44. The molecule has 0 fully saturated rings. The van der Waals surface area contributed by atoms with Crippen LogP contribution in [0, 0.1) is 0 Å². The predicted molar refractivity (Wildman–Crippen MR) is 70.5 cm³/mol. The molecule has 1 rings (SSSR count). The molecule has 0 unspecified atom stereocenters. The van der Waals surface area contributed by atoms with E-state index in [4.69, 9.17) is 16.7 Å². The van der Waals surface area contributed by atoms with E-state index in [0.29, 0.717) is 12.2 Å². The van der Waals surface area contributed by atoms with Crippen LogP contribution < -0.4 is 5.32 Å². The fraction of sp³-hybridized carbons (Fsp3) is 0.538. The van der Waals surface area contributed by atoms with Crippen molar-refractivity contribution >= 4 is 17.3 Å². The molecule has 0 heterocycles. The lowest BCUT2D eigenvalue weighted by Gasteiger charge is -2.11. The molecule has 1 aromatic carbocycles. The quantitative estimate of drug-likeness (QED) is 0.734. The van der Waals surface area contributed by atoms with E-state index in [2.05, 4.69) is 5.32 Å². The van der Waals surface area contributed by atoms with Crippen molar-refractivity contribution < 1.29 is 18.3 Å². The van der Waals surface area contributed by atoms with Gasteiger partial charge < -0.3 is 10.4 Å². The SMILES string of the molecule is OCCCCCCNc1cc(Cl)cc(C(F)(F)F)c1. The van der Waals surface area contributed by atoms with Crippen LogP contribution in [0.5, 0.6) is 0 Å². The summed E-state index contributed by atoms with van der Waals surface area (Å²) in [7, 11) is 0. The van der Waals surface area contributed by atoms with Crippen molar-refractivity contribution in [3.63, 3.8) is 0 Å². The molecule has 0 spiro atoms. The number of anilines is 1. The predicted octanol–water partition coefficient (Wildman–Crippen LogP) is 4.32. The molecule has 108 valence electrons. The summed E-state index contributed by atoms with van der Waals surface area (Å²) >= 11 is 5.67. The summed E-state index contributed by atoms with van der Waals surface area (Å²) in [6.07, 6.45) is -0.937. The van der Waals surface area contributed by atoms with E-state index in [9.17, 15) is 13.2 Å². The van der Waals surface area contributed by atoms with Crippen LogP contribution in [-0.2, 0) is 6.18 Å². The van der Waals surface area contributed by atoms with Gasteiger partial charge in [-0.25, -0.2) is 0 Å². The van der Waals surface area contributed by atoms with Crippen LogP contribution in [0.1, 0.15) is 31.2 Å². The summed E-state index contributed by atoms with van der Waals surface area (Å²) in [5.74, 6) is 0. The number of hydrogen-bond donors (Lipinski definition) is 2. The summed E-state index contributed by atoms with van der Waals surface area (Å²) in [5, 5.41) is 11.6. The van der Waals surface area contributed by atoms with Gasteiger partial charge in [0.25, 0.3) is 0 Å². The molecular formula is C13H17ClF3NO. The summed E-state index contributed by atoms with van der Waals surface area (Å²) in [4.78, 5) is 0. The van der Waals surface area contributed by atoms with E-state index in [0.717, 1.165) is 37.8 Å². The van der Waals surface area contributed by atoms with E-state index in [1.807, 2.05) is 0 Å². The first-order chi connectivity index (χ1) is 8.93. The van der Waals surface area contributed by atoms with E-state index in [-0.39, 0.29) is 11.6 Å². The topological polar surface area (TPSA) is 32.3 Å². The van der Waals surface area contributed by atoms with Gasteiger partial charge in [0.1, 0.15) is 0 Å². The Morgan fingerprint density at radius 1 is 1.05 bits per heavy atom. The first kappa shape index (κ1) is 16.1. The van der Waals surface area contributed by atoms with Crippen molar-refractivity contribution in [1.29, 1.82) is 0 Å². The molecule has 2 nitrogen and oxygen atoms in total. The van der Waals surface area contributed by atoms with Gasteiger partial charge in [0.05, 0.1) is 5.56 Å². The van der Waals surface area contributed by atoms with E-state index in [1.54, 1.807) is 0 Å². The number of aliphatic hydroxyl groups excluding tert-OH is 1. The zero-order valence-corrected chi connectivity index (χ0v) is 11.2. The Labute approximate surface area is 115 Å². The highest BCUT2D eigenvalue weighted by Gasteiger charge is 2.31. The Balaban J connectivity index is 2.48. The summed E-state index contributed by atoms with van der Waals surface area (Å²) in [5.41, 5.74) is -0.371. The van der Waals surface area contributed by atoms with Crippen molar-refractivity contribution in [2.75, 3.05) is 18.5 Å². The van der Waals surface area contributed by atoms with Gasteiger partial charge in [-0.2, -0.15) is 13.2 Å². The molecule has 0 aliphatic heterocycles. The number of unbranched alkanes of at least 4 members (excludes halogenated alkanes) is 3. The van der Waals surface area contributed by atoms with Gasteiger partial charge in [-0.15, -0.1) is 0 Å². The van der Waals surface area contributed by atoms with Crippen molar-refractivity contribution in [2.45, 2.75) is 31.9 Å². The second-order valence-electron chi connectivity index (χ2n) is 4.29. The number of aliphatic hydroxyl groups is 1. The molecule has 0 saturated carbocycles. The zero-order chi connectivity index (χ0) is 14.3. The minimum Gasteiger partial charge on any atom is -0.396 e. The molecule has 0 bridgehead atoms. The third-order valence-corrected chi connectivity index (χ3v) is 2.86. The van der Waals surface area contributed by atoms with Gasteiger partial charge in [0.2, 0.25) is 0 Å². The van der Waals surface area contributed by atoms with Crippen LogP contribution in [0.2, 0.25) is 5.02 Å². The molecule has 0 aliphatic carbocycles. The maximum absolute atomic E-state index is 12.6. The van der Waals surface area contributed by atoms with Crippen molar-refractivity contribution in [2.24, 2.45) is 0 Å². The molecule has 2 N–H and O–H groups in total. The Bertz CT molecular complexity index is 396. The second kappa shape index (κ2) is 7.60. The van der Waals surface area contributed by atoms with Crippen molar-refractivity contribution in [1.82, 2.24) is 0 Å². The minimum absolute atomic E-state index is 0.0672. The van der Waals surface area contributed by atoms with Crippen molar-refractivity contribution in [3.8, 4) is 0 Å². The number of nitrogens with one attached hydrogen (secondary N) is 1. The largest absolute Gasteiger partial charge is 0.416 e. The lowest BCUT2D eigenvalue weighted by atomic mass is 10.1. The molecule has 6 heteroatoms. The molecular weight excluding hydrogens is 279 g/mol. The first-order valence-corrected chi connectivity index (χ1v) is 6.54. The maximum atomic E-state index is 12.6. The standard InChI is InChI=1S/C13H17ClF3NO/c14-11-7-10(13(15,16)17)8-12(9-11)18-5-3-1-2-4-6-19/h7-9,18-19H,1-6H2. The second-order valence-corrected chi connectivity index (χ2v) is 4.73. The van der Waals surface area contributed by atoms with E-state index < -0.39 is 11.7 Å². The van der Waals surface area contributed by atoms with Crippen LogP contribution in [0.4, 0.5) is 18.9 Å². The average Bonchev–Trinajstić information content (AvgIpc) is 2.32. The van der Waals surface area contributed by atoms with Crippen LogP contribution in [0.15, 0.2) is 18.2 Å². The maximum Gasteiger partial charge on any atom is 0.416 e. The lowest BCUT2D eigenvalue weighted by molar-refractivity contribution is -0.137. The minimum atomic E-state index is -4.39. The number of rotatable bonds is 7. The van der Waals surface area contributed by atoms with Gasteiger partial charge in [-0.05, 0) is 31.0 Å². The van der Waals surface area contributed by atoms with Gasteiger partial charge in [-0.1, -0.05) is 24.4 Å². The fourth-order valence-electron chi connectivity index (χ4n) is 1.68. The van der Waals surface area contributed by atoms with Gasteiger partial charge in [0, 0.05) is 23.9 Å². The monoisotopic (exact) mass is 295 g/mol. The molecule has 0 radical (unpaired) electrons. The molecule has 19 heavy (non-hydrogen) atoms. The Morgan fingerprint density at radius 2 is 1.74 bits per heavy atom. The van der Waals surface area contributed by atoms with Crippen LogP contribution in [0.25, 0.3) is 0 Å². The lowest BCUT2D eigenvalue weighted by Crippen LogP contribution is -2.07. The van der Waals surface area contributed by atoms with Crippen LogP contribution in [0.3, 0.4) is 0 Å². The smallest absolute Gasteiger partial charge is 0.396 e. The molecule has 0 saturated heterocycles. The number of alkyl halides is 3. The van der Waals surface area contributed by atoms with E-state index >= 15 is 0 Å². The van der Waals surface area contributed by atoms with Gasteiger partial charge >= 0.3 is 6.18 Å². The third kappa shape index (κ3) is 6.16. The molecule has 0 amide bonds. The van der Waals surface area contributed by atoms with E-state index in [1.165, 1.54) is 6.07 Å². The molecule has 0 atom stereocenters. The van der Waals surface area contributed by atoms with Crippen LogP contribution >= 0.6 is 11.6 Å². The van der Waals surface area contributed by atoms with Crippen molar-refractivity contribution in [3.05, 3.63) is 28.8 Å². The third-order valence-electron chi connectivity index (χ3n) is 2.64. The van der Waals surface area contributed by atoms with Gasteiger partial charge in [0.15, 0.2) is 0 Å². The van der Waals surface area contributed by atoms with Gasteiger partial charge in [-0.3, -0.25) is 0 Å². The summed E-state index contributed by atoms with van der Waals surface area (Å²) in [6.45, 7) is 0.764. The number of halogens is 4. The first-order valence-electron chi connectivity index (χ1n) is 6.16. The average molecular weight is 296 g/mol. The van der Waals surface area contributed by atoms with Crippen LogP contribution in [-0.4, -0.2) is 18.3 Å².